The van der Waals surface area contributed by atoms with Crippen molar-refractivity contribution in [2.24, 2.45) is 0 Å². The van der Waals surface area contributed by atoms with E-state index in [9.17, 15) is 5.11 Å². The van der Waals surface area contributed by atoms with Gasteiger partial charge < -0.3 is 9.84 Å². The Kier molecular flexibility index (Phi) is 5.82. The highest BCUT2D eigenvalue weighted by Crippen LogP contribution is 2.24. The number of aliphatic hydroxyl groups excluding tert-OH is 1. The predicted molar refractivity (Wildman–Crippen MR) is 86.7 cm³/mol. The van der Waals surface area contributed by atoms with Crippen molar-refractivity contribution in [3.05, 3.63) is 65.2 Å². The topological polar surface area (TPSA) is 29.5 Å². The second-order valence-corrected chi connectivity index (χ2v) is 5.44. The largest absolute Gasteiger partial charge is 0.494 e. The summed E-state index contributed by atoms with van der Waals surface area (Å²) in [7, 11) is 0. The predicted octanol–water partition coefficient (Wildman–Crippen LogP) is 4.65. The molecule has 2 heteroatoms. The summed E-state index contributed by atoms with van der Waals surface area (Å²) in [6, 6.07) is 15.7. The second-order valence-electron chi connectivity index (χ2n) is 5.44. The van der Waals surface area contributed by atoms with Crippen LogP contribution >= 0.6 is 0 Å². The summed E-state index contributed by atoms with van der Waals surface area (Å²) in [5.74, 6) is 0.867. The van der Waals surface area contributed by atoms with E-state index < -0.39 is 6.10 Å². The maximum atomic E-state index is 10.4. The highest BCUT2D eigenvalue weighted by atomic mass is 16.5. The standard InChI is InChI=1S/C19H24O2/c1-3-4-5-14-21-18-12-10-17(11-13-18)19(20)16-8-6-15(2)7-9-16/h6-13,19-20H,3-5,14H2,1-2H3. The molecule has 2 aromatic carbocycles. The van der Waals surface area contributed by atoms with Crippen molar-refractivity contribution in [2.75, 3.05) is 6.61 Å². The van der Waals surface area contributed by atoms with Gasteiger partial charge >= 0.3 is 0 Å². The Balaban J connectivity index is 1.96. The molecule has 2 rings (SSSR count). The third-order valence-corrected chi connectivity index (χ3v) is 3.61. The average molecular weight is 284 g/mol. The van der Waals surface area contributed by atoms with Crippen LogP contribution in [0.4, 0.5) is 0 Å². The van der Waals surface area contributed by atoms with Crippen LogP contribution in [0.5, 0.6) is 5.75 Å². The molecule has 0 aliphatic rings. The number of aryl methyl sites for hydroxylation is 1. The van der Waals surface area contributed by atoms with Gasteiger partial charge in [0, 0.05) is 0 Å². The third kappa shape index (κ3) is 4.61. The van der Waals surface area contributed by atoms with E-state index in [1.807, 2.05) is 55.5 Å². The highest BCUT2D eigenvalue weighted by molar-refractivity contribution is 5.34. The van der Waals surface area contributed by atoms with E-state index in [4.69, 9.17) is 4.74 Å². The van der Waals surface area contributed by atoms with E-state index in [1.54, 1.807) is 0 Å². The molecule has 0 aliphatic heterocycles. The molecule has 0 radical (unpaired) electrons. The summed E-state index contributed by atoms with van der Waals surface area (Å²) in [5, 5.41) is 10.4. The van der Waals surface area contributed by atoms with Crippen LogP contribution in [-0.2, 0) is 0 Å². The molecule has 0 aliphatic carbocycles. The molecule has 0 heterocycles. The number of aliphatic hydroxyl groups is 1. The fourth-order valence-electron chi connectivity index (χ4n) is 2.23. The first-order valence-corrected chi connectivity index (χ1v) is 7.68. The van der Waals surface area contributed by atoms with Crippen LogP contribution in [0, 0.1) is 6.92 Å². The van der Waals surface area contributed by atoms with Gasteiger partial charge in [-0.15, -0.1) is 0 Å². The lowest BCUT2D eigenvalue weighted by Gasteiger charge is -2.13. The maximum Gasteiger partial charge on any atom is 0.119 e. The lowest BCUT2D eigenvalue weighted by atomic mass is 10.0. The van der Waals surface area contributed by atoms with Crippen LogP contribution in [0.2, 0.25) is 0 Å². The summed E-state index contributed by atoms with van der Waals surface area (Å²) in [6.07, 6.45) is 2.90. The Bertz CT molecular complexity index is 528. The van der Waals surface area contributed by atoms with Crippen molar-refractivity contribution in [3.63, 3.8) is 0 Å². The molecule has 1 N–H and O–H groups in total. The molecule has 2 nitrogen and oxygen atoms in total. The van der Waals surface area contributed by atoms with Gasteiger partial charge in [-0.25, -0.2) is 0 Å². The van der Waals surface area contributed by atoms with Crippen molar-refractivity contribution in [2.45, 2.75) is 39.2 Å². The Morgan fingerprint density at radius 1 is 0.905 bits per heavy atom. The average Bonchev–Trinajstić information content (AvgIpc) is 2.52. The van der Waals surface area contributed by atoms with Crippen LogP contribution in [0.3, 0.4) is 0 Å². The SMILES string of the molecule is CCCCCOc1ccc(C(O)c2ccc(C)cc2)cc1. The maximum absolute atomic E-state index is 10.4. The van der Waals surface area contributed by atoms with Crippen molar-refractivity contribution >= 4 is 0 Å². The third-order valence-electron chi connectivity index (χ3n) is 3.61. The van der Waals surface area contributed by atoms with E-state index in [-0.39, 0.29) is 0 Å². The van der Waals surface area contributed by atoms with Gasteiger partial charge in [0.2, 0.25) is 0 Å². The lowest BCUT2D eigenvalue weighted by Crippen LogP contribution is -2.00. The summed E-state index contributed by atoms with van der Waals surface area (Å²) in [6.45, 7) is 4.98. The first-order chi connectivity index (χ1) is 10.2. The molecule has 112 valence electrons. The number of hydrogen-bond donors (Lipinski definition) is 1. The summed E-state index contributed by atoms with van der Waals surface area (Å²) >= 11 is 0. The monoisotopic (exact) mass is 284 g/mol. The molecule has 0 spiro atoms. The number of benzene rings is 2. The molecule has 0 bridgehead atoms. The molecule has 1 unspecified atom stereocenters. The van der Waals surface area contributed by atoms with E-state index >= 15 is 0 Å². The number of ether oxygens (including phenoxy) is 1. The molecule has 2 aromatic rings. The normalized spacial score (nSPS) is 12.1. The van der Waals surface area contributed by atoms with Crippen LogP contribution < -0.4 is 4.74 Å². The van der Waals surface area contributed by atoms with Crippen LogP contribution in [0.1, 0.15) is 49.0 Å². The van der Waals surface area contributed by atoms with E-state index in [1.165, 1.54) is 18.4 Å². The zero-order valence-corrected chi connectivity index (χ0v) is 12.9. The van der Waals surface area contributed by atoms with Crippen molar-refractivity contribution in [1.82, 2.24) is 0 Å². The van der Waals surface area contributed by atoms with Crippen LogP contribution in [0.15, 0.2) is 48.5 Å². The highest BCUT2D eigenvalue weighted by Gasteiger charge is 2.10. The van der Waals surface area contributed by atoms with Gasteiger partial charge in [-0.2, -0.15) is 0 Å². The van der Waals surface area contributed by atoms with Crippen molar-refractivity contribution in [1.29, 1.82) is 0 Å². The summed E-state index contributed by atoms with van der Waals surface area (Å²) in [5.41, 5.74) is 3.00. The van der Waals surface area contributed by atoms with Crippen LogP contribution in [-0.4, -0.2) is 11.7 Å². The minimum Gasteiger partial charge on any atom is -0.494 e. The van der Waals surface area contributed by atoms with Gasteiger partial charge in [0.1, 0.15) is 11.9 Å². The first kappa shape index (κ1) is 15.6. The minimum absolute atomic E-state index is 0.584. The number of unbranched alkanes of at least 4 members (excludes halogenated alkanes) is 2. The van der Waals surface area contributed by atoms with E-state index in [0.29, 0.717) is 0 Å². The molecule has 0 saturated carbocycles. The Labute approximate surface area is 127 Å². The first-order valence-electron chi connectivity index (χ1n) is 7.68. The molecule has 0 amide bonds. The van der Waals surface area contributed by atoms with Gasteiger partial charge in [-0.05, 0) is 36.6 Å². The summed E-state index contributed by atoms with van der Waals surface area (Å²) in [4.78, 5) is 0. The Morgan fingerprint density at radius 3 is 2.05 bits per heavy atom. The Morgan fingerprint density at radius 2 is 1.48 bits per heavy atom. The van der Waals surface area contributed by atoms with Gasteiger partial charge in [-0.1, -0.05) is 61.7 Å². The minimum atomic E-state index is -0.584. The zero-order valence-electron chi connectivity index (χ0n) is 12.9. The van der Waals surface area contributed by atoms with Gasteiger partial charge in [0.05, 0.1) is 6.61 Å². The van der Waals surface area contributed by atoms with Crippen molar-refractivity contribution in [3.8, 4) is 5.75 Å². The summed E-state index contributed by atoms with van der Waals surface area (Å²) < 4.78 is 5.68. The molecular formula is C19H24O2. The second kappa shape index (κ2) is 7.84. The van der Waals surface area contributed by atoms with Crippen molar-refractivity contribution < 1.29 is 9.84 Å². The molecule has 21 heavy (non-hydrogen) atoms. The number of hydrogen-bond acceptors (Lipinski definition) is 2. The lowest BCUT2D eigenvalue weighted by molar-refractivity contribution is 0.220. The van der Waals surface area contributed by atoms with Gasteiger partial charge in [-0.3, -0.25) is 0 Å². The zero-order chi connectivity index (χ0) is 15.1. The fourth-order valence-corrected chi connectivity index (χ4v) is 2.23. The van der Waals surface area contributed by atoms with E-state index in [2.05, 4.69) is 6.92 Å². The fraction of sp³-hybridized carbons (Fsp3) is 0.368. The van der Waals surface area contributed by atoms with E-state index in [0.717, 1.165) is 29.9 Å². The molecule has 0 fully saturated rings. The molecule has 1 atom stereocenters. The molecule has 0 aromatic heterocycles. The number of rotatable bonds is 7. The smallest absolute Gasteiger partial charge is 0.119 e. The quantitative estimate of drug-likeness (QED) is 0.750. The Hall–Kier alpha value is -1.80. The van der Waals surface area contributed by atoms with Gasteiger partial charge in [0.15, 0.2) is 0 Å². The van der Waals surface area contributed by atoms with Crippen LogP contribution in [0.25, 0.3) is 0 Å². The van der Waals surface area contributed by atoms with Gasteiger partial charge in [0.25, 0.3) is 0 Å². The molecule has 0 saturated heterocycles. The molecular weight excluding hydrogens is 260 g/mol.